The summed E-state index contributed by atoms with van der Waals surface area (Å²) in [6, 6.07) is 1.72. The van der Waals surface area contributed by atoms with Crippen LogP contribution in [0, 0.1) is 23.5 Å². The highest BCUT2D eigenvalue weighted by Gasteiger charge is 2.34. The molecule has 0 N–H and O–H groups in total. The predicted octanol–water partition coefficient (Wildman–Crippen LogP) is 4.80. The summed E-state index contributed by atoms with van der Waals surface area (Å²) in [5.41, 5.74) is 0.0431. The number of alkyl halides is 2. The lowest BCUT2D eigenvalue weighted by Crippen LogP contribution is -2.43. The van der Waals surface area contributed by atoms with Gasteiger partial charge in [-0.05, 0) is 18.6 Å². The van der Waals surface area contributed by atoms with Crippen LogP contribution in [-0.2, 0) is 18.9 Å². The minimum absolute atomic E-state index is 0.0431. The molecule has 0 amide bonds. The minimum atomic E-state index is -3.32. The van der Waals surface area contributed by atoms with Crippen molar-refractivity contribution in [3.05, 3.63) is 29.3 Å². The van der Waals surface area contributed by atoms with E-state index >= 15 is 0 Å². The molecule has 0 spiro atoms. The van der Waals surface area contributed by atoms with Crippen LogP contribution in [0.4, 0.5) is 17.6 Å². The van der Waals surface area contributed by atoms with Crippen LogP contribution in [-0.4, -0.2) is 39.3 Å². The van der Waals surface area contributed by atoms with Crippen LogP contribution in [0.1, 0.15) is 44.5 Å². The third kappa shape index (κ3) is 6.04. The zero-order valence-electron chi connectivity index (χ0n) is 16.3. The quantitative estimate of drug-likeness (QED) is 0.445. The lowest BCUT2D eigenvalue weighted by molar-refractivity contribution is -0.283. The summed E-state index contributed by atoms with van der Waals surface area (Å²) >= 11 is 0. The SMILES string of the molecule is CCCCCC1COC(C2COC(c3cc(F)c(OC(F)F)c(F)c3)OC2)OC1. The fraction of sp³-hybridized carbons (Fsp3) is 0.700. The number of hydrogen-bond donors (Lipinski definition) is 0. The standard InChI is InChI=1S/C20H26F4O5/c1-2-3-4-5-12-8-25-19(26-9-12)14-10-27-18(28-11-14)13-6-15(21)17(16(22)7-13)29-20(23)24/h6-7,12,14,18-20H,2-5,8-11H2,1H3. The van der Waals surface area contributed by atoms with Crippen LogP contribution < -0.4 is 4.74 Å². The van der Waals surface area contributed by atoms with Gasteiger partial charge in [0.1, 0.15) is 0 Å². The van der Waals surface area contributed by atoms with Crippen molar-refractivity contribution in [3.8, 4) is 5.75 Å². The molecule has 164 valence electrons. The summed E-state index contributed by atoms with van der Waals surface area (Å²) in [5, 5.41) is 0. The molecule has 0 atom stereocenters. The van der Waals surface area contributed by atoms with E-state index in [1.807, 2.05) is 0 Å². The molecule has 0 radical (unpaired) electrons. The molecule has 2 aliphatic heterocycles. The van der Waals surface area contributed by atoms with Gasteiger partial charge in [-0.1, -0.05) is 26.2 Å². The van der Waals surface area contributed by atoms with Gasteiger partial charge in [-0.3, -0.25) is 0 Å². The molecule has 2 saturated heterocycles. The Labute approximate surface area is 167 Å². The molecule has 9 heteroatoms. The van der Waals surface area contributed by atoms with Crippen molar-refractivity contribution in [1.29, 1.82) is 0 Å². The first-order valence-corrected chi connectivity index (χ1v) is 9.88. The zero-order chi connectivity index (χ0) is 20.8. The third-order valence-corrected chi connectivity index (χ3v) is 5.02. The largest absolute Gasteiger partial charge is 0.429 e. The Kier molecular flexibility index (Phi) is 8.11. The Hall–Kier alpha value is -1.42. The molecule has 1 aromatic carbocycles. The number of halogens is 4. The van der Waals surface area contributed by atoms with Crippen LogP contribution in [0.25, 0.3) is 0 Å². The van der Waals surface area contributed by atoms with Gasteiger partial charge in [0, 0.05) is 11.5 Å². The smallest absolute Gasteiger partial charge is 0.387 e. The fourth-order valence-corrected chi connectivity index (χ4v) is 3.46. The van der Waals surface area contributed by atoms with Crippen molar-refractivity contribution >= 4 is 0 Å². The van der Waals surface area contributed by atoms with Gasteiger partial charge in [0.25, 0.3) is 0 Å². The molecule has 0 aliphatic carbocycles. The number of rotatable bonds is 8. The first kappa shape index (κ1) is 22.3. The van der Waals surface area contributed by atoms with E-state index in [9.17, 15) is 17.6 Å². The molecule has 29 heavy (non-hydrogen) atoms. The van der Waals surface area contributed by atoms with Crippen LogP contribution in [0.15, 0.2) is 12.1 Å². The summed E-state index contributed by atoms with van der Waals surface area (Å²) < 4.78 is 78.8. The van der Waals surface area contributed by atoms with E-state index in [2.05, 4.69) is 11.7 Å². The summed E-state index contributed by atoms with van der Waals surface area (Å²) in [6.45, 7) is 0.513. The van der Waals surface area contributed by atoms with Crippen molar-refractivity contribution < 1.29 is 41.2 Å². The van der Waals surface area contributed by atoms with E-state index < -0.39 is 36.6 Å². The molecule has 5 nitrogen and oxygen atoms in total. The Bertz CT molecular complexity index is 621. The van der Waals surface area contributed by atoms with E-state index in [-0.39, 0.29) is 24.7 Å². The van der Waals surface area contributed by atoms with E-state index in [4.69, 9.17) is 18.9 Å². The number of unbranched alkanes of at least 4 members (excludes halogenated alkanes) is 2. The number of benzene rings is 1. The summed E-state index contributed by atoms with van der Waals surface area (Å²) in [7, 11) is 0. The highest BCUT2D eigenvalue weighted by atomic mass is 19.3. The Morgan fingerprint density at radius 3 is 2.14 bits per heavy atom. The number of hydrogen-bond acceptors (Lipinski definition) is 5. The maximum atomic E-state index is 13.9. The molecule has 2 fully saturated rings. The van der Waals surface area contributed by atoms with Gasteiger partial charge in [-0.15, -0.1) is 0 Å². The average molecular weight is 422 g/mol. The van der Waals surface area contributed by atoms with Gasteiger partial charge in [-0.25, -0.2) is 8.78 Å². The molecule has 0 unspecified atom stereocenters. The monoisotopic (exact) mass is 422 g/mol. The molecule has 1 aromatic rings. The number of ether oxygens (including phenoxy) is 5. The molecule has 2 aliphatic rings. The Morgan fingerprint density at radius 1 is 0.966 bits per heavy atom. The molecule has 0 bridgehead atoms. The van der Waals surface area contributed by atoms with Crippen LogP contribution in [0.2, 0.25) is 0 Å². The molecular formula is C20H26F4O5. The fourth-order valence-electron chi connectivity index (χ4n) is 3.46. The van der Waals surface area contributed by atoms with Crippen molar-refractivity contribution in [2.24, 2.45) is 11.8 Å². The van der Waals surface area contributed by atoms with E-state index in [0.29, 0.717) is 19.1 Å². The molecule has 0 saturated carbocycles. The lowest BCUT2D eigenvalue weighted by Gasteiger charge is -2.37. The molecular weight excluding hydrogens is 396 g/mol. The highest BCUT2D eigenvalue weighted by Crippen LogP contribution is 2.33. The van der Waals surface area contributed by atoms with Crippen LogP contribution in [0.5, 0.6) is 5.75 Å². The Balaban J connectivity index is 1.48. The maximum Gasteiger partial charge on any atom is 0.387 e. The summed E-state index contributed by atoms with van der Waals surface area (Å²) in [6.07, 6.45) is 3.13. The summed E-state index contributed by atoms with van der Waals surface area (Å²) in [4.78, 5) is 0. The normalized spacial score (nSPS) is 27.9. The molecule has 0 aromatic heterocycles. The van der Waals surface area contributed by atoms with Gasteiger partial charge >= 0.3 is 6.61 Å². The average Bonchev–Trinajstić information content (AvgIpc) is 2.71. The topological polar surface area (TPSA) is 46.2 Å². The molecule has 3 rings (SSSR count). The maximum absolute atomic E-state index is 13.9. The highest BCUT2D eigenvalue weighted by molar-refractivity contribution is 5.32. The Morgan fingerprint density at radius 2 is 1.59 bits per heavy atom. The van der Waals surface area contributed by atoms with Gasteiger partial charge in [0.05, 0.1) is 32.3 Å². The van der Waals surface area contributed by atoms with Crippen molar-refractivity contribution in [2.75, 3.05) is 26.4 Å². The second-order valence-electron chi connectivity index (χ2n) is 7.35. The molecule has 2 heterocycles. The van der Waals surface area contributed by atoms with Gasteiger partial charge < -0.3 is 23.7 Å². The summed E-state index contributed by atoms with van der Waals surface area (Å²) in [5.74, 6) is -3.41. The van der Waals surface area contributed by atoms with Crippen molar-refractivity contribution in [1.82, 2.24) is 0 Å². The predicted molar refractivity (Wildman–Crippen MR) is 94.4 cm³/mol. The first-order valence-electron chi connectivity index (χ1n) is 9.88. The first-order chi connectivity index (χ1) is 14.0. The lowest BCUT2D eigenvalue weighted by atomic mass is 10.0. The second kappa shape index (κ2) is 10.6. The van der Waals surface area contributed by atoms with Crippen molar-refractivity contribution in [3.63, 3.8) is 0 Å². The van der Waals surface area contributed by atoms with Crippen LogP contribution in [0.3, 0.4) is 0 Å². The van der Waals surface area contributed by atoms with Gasteiger partial charge in [0.2, 0.25) is 0 Å². The zero-order valence-corrected chi connectivity index (χ0v) is 16.3. The van der Waals surface area contributed by atoms with E-state index in [1.165, 1.54) is 12.8 Å². The minimum Gasteiger partial charge on any atom is -0.429 e. The third-order valence-electron chi connectivity index (χ3n) is 5.02. The second-order valence-corrected chi connectivity index (χ2v) is 7.35. The van der Waals surface area contributed by atoms with Gasteiger partial charge in [0.15, 0.2) is 30.0 Å². The van der Waals surface area contributed by atoms with Crippen molar-refractivity contribution in [2.45, 2.75) is 51.8 Å². The van der Waals surface area contributed by atoms with Crippen LogP contribution >= 0.6 is 0 Å². The van der Waals surface area contributed by atoms with E-state index in [1.54, 1.807) is 0 Å². The van der Waals surface area contributed by atoms with E-state index in [0.717, 1.165) is 25.0 Å². The van der Waals surface area contributed by atoms with Gasteiger partial charge in [-0.2, -0.15) is 8.78 Å².